The summed E-state index contributed by atoms with van der Waals surface area (Å²) in [5, 5.41) is 6.20. The molecule has 2 fully saturated rings. The first kappa shape index (κ1) is 27.0. The summed E-state index contributed by atoms with van der Waals surface area (Å²) < 4.78 is 28.6. The lowest BCUT2D eigenvalue weighted by Gasteiger charge is -2.34. The first-order valence-corrected chi connectivity index (χ1v) is 11.5. The van der Waals surface area contributed by atoms with E-state index < -0.39 is 11.8 Å². The van der Waals surface area contributed by atoms with Crippen LogP contribution in [0.25, 0.3) is 22.3 Å². The summed E-state index contributed by atoms with van der Waals surface area (Å²) in [4.78, 5) is 18.3. The number of benzene rings is 1. The van der Waals surface area contributed by atoms with E-state index in [-0.39, 0.29) is 40.4 Å². The highest BCUT2D eigenvalue weighted by Gasteiger charge is 2.41. The van der Waals surface area contributed by atoms with Crippen LogP contribution in [0.1, 0.15) is 13.8 Å². The van der Waals surface area contributed by atoms with Crippen molar-refractivity contribution in [2.24, 2.45) is 5.92 Å². The second kappa shape index (κ2) is 11.5. The van der Waals surface area contributed by atoms with Gasteiger partial charge in [-0.25, -0.2) is 18.7 Å². The molecule has 0 amide bonds. The first-order valence-electron chi connectivity index (χ1n) is 11.5. The van der Waals surface area contributed by atoms with Gasteiger partial charge in [-0.05, 0) is 25.2 Å². The maximum absolute atomic E-state index is 14.3. The average molecular weight is 504 g/mol. The van der Waals surface area contributed by atoms with Gasteiger partial charge in [0.1, 0.15) is 5.52 Å². The summed E-state index contributed by atoms with van der Waals surface area (Å²) in [5.41, 5.74) is 4.15. The molecule has 0 saturated carbocycles. The highest BCUT2D eigenvalue weighted by Crippen LogP contribution is 2.32. The van der Waals surface area contributed by atoms with E-state index in [4.69, 9.17) is 4.98 Å². The summed E-state index contributed by atoms with van der Waals surface area (Å²) in [6.45, 7) is 4.86. The molecule has 4 heterocycles. The summed E-state index contributed by atoms with van der Waals surface area (Å²) in [6.07, 6.45) is 3.08. The molecule has 2 saturated heterocycles. The number of alkyl halides is 2. The van der Waals surface area contributed by atoms with Crippen LogP contribution < -0.4 is 15.5 Å². The lowest BCUT2D eigenvalue weighted by molar-refractivity contribution is -0.0728. The van der Waals surface area contributed by atoms with E-state index in [1.54, 1.807) is 12.4 Å². The molecule has 7 nitrogen and oxygen atoms in total. The smallest absolute Gasteiger partial charge is 0.255 e. The molecule has 3 aromatic rings. The fourth-order valence-electron chi connectivity index (χ4n) is 4.48. The molecule has 0 bridgehead atoms. The van der Waals surface area contributed by atoms with Crippen molar-refractivity contribution in [1.82, 2.24) is 25.2 Å². The second-order valence-corrected chi connectivity index (χ2v) is 8.91. The van der Waals surface area contributed by atoms with Crippen LogP contribution in [0.3, 0.4) is 0 Å². The van der Waals surface area contributed by atoms with Gasteiger partial charge in [0, 0.05) is 75.9 Å². The molecule has 35 heavy (non-hydrogen) atoms. The molecule has 1 atom stereocenters. The predicted octanol–water partition coefficient (Wildman–Crippen LogP) is 3.85. The van der Waals surface area contributed by atoms with E-state index in [0.717, 1.165) is 37.4 Å². The molecule has 2 aliphatic heterocycles. The zero-order chi connectivity index (χ0) is 22.8. The van der Waals surface area contributed by atoms with Crippen molar-refractivity contribution in [2.75, 3.05) is 63.1 Å². The number of aromatic nitrogens is 3. The van der Waals surface area contributed by atoms with Crippen LogP contribution in [0, 0.1) is 5.92 Å². The van der Waals surface area contributed by atoms with Crippen LogP contribution in [0.5, 0.6) is 0 Å². The van der Waals surface area contributed by atoms with Crippen molar-refractivity contribution in [2.45, 2.75) is 19.8 Å². The fourth-order valence-corrected chi connectivity index (χ4v) is 4.48. The van der Waals surface area contributed by atoms with Crippen molar-refractivity contribution < 1.29 is 8.78 Å². The Hall–Kier alpha value is -2.56. The summed E-state index contributed by atoms with van der Waals surface area (Å²) >= 11 is 0. The Morgan fingerprint density at radius 1 is 1.09 bits per heavy atom. The van der Waals surface area contributed by atoms with Gasteiger partial charge in [0.15, 0.2) is 5.82 Å². The molecule has 2 aliphatic rings. The Kier molecular flexibility index (Phi) is 8.84. The number of anilines is 2. The first-order chi connectivity index (χ1) is 16.0. The predicted molar refractivity (Wildman–Crippen MR) is 144 cm³/mol. The monoisotopic (exact) mass is 503 g/mol. The van der Waals surface area contributed by atoms with Gasteiger partial charge >= 0.3 is 0 Å². The van der Waals surface area contributed by atoms with Crippen molar-refractivity contribution in [3.8, 4) is 11.3 Å². The number of likely N-dealkylation sites (N-methyl/N-ethyl adjacent to an activating group) is 1. The summed E-state index contributed by atoms with van der Waals surface area (Å²) in [7, 11) is 2.15. The van der Waals surface area contributed by atoms with Gasteiger partial charge in [0.2, 0.25) is 0 Å². The number of pyridine rings is 1. The second-order valence-electron chi connectivity index (χ2n) is 8.91. The molecule has 10 heteroatoms. The molecular formula is C25H35F2N7S. The third kappa shape index (κ3) is 5.99. The van der Waals surface area contributed by atoms with Crippen molar-refractivity contribution in [1.29, 1.82) is 0 Å². The number of nitrogens with one attached hydrogen (secondary N) is 2. The Morgan fingerprint density at radius 3 is 2.51 bits per heavy atom. The lowest BCUT2D eigenvalue weighted by atomic mass is 9.95. The number of fused-ring (bicyclic) bond motifs is 1. The van der Waals surface area contributed by atoms with E-state index in [1.807, 2.05) is 6.07 Å². The van der Waals surface area contributed by atoms with Gasteiger partial charge in [-0.2, -0.15) is 13.5 Å². The molecular weight excluding hydrogens is 468 g/mol. The number of piperazine rings is 1. The average Bonchev–Trinajstić information content (AvgIpc) is 2.83. The van der Waals surface area contributed by atoms with Gasteiger partial charge in [0.05, 0.1) is 17.1 Å². The fraction of sp³-hybridized carbons (Fsp3) is 0.480. The Labute approximate surface area is 212 Å². The molecule has 1 aromatic carbocycles. The van der Waals surface area contributed by atoms with Gasteiger partial charge in [-0.3, -0.25) is 4.98 Å². The number of halogens is 2. The Balaban J connectivity index is 0.00000171. The van der Waals surface area contributed by atoms with Crippen LogP contribution in [-0.4, -0.2) is 78.6 Å². The molecule has 2 N–H and O–H groups in total. The molecule has 0 unspecified atom stereocenters. The highest BCUT2D eigenvalue weighted by molar-refractivity contribution is 7.59. The number of nitrogens with zero attached hydrogens (tertiary/aromatic N) is 5. The third-order valence-electron chi connectivity index (χ3n) is 6.63. The van der Waals surface area contributed by atoms with Crippen molar-refractivity contribution >= 4 is 36.0 Å². The largest absolute Gasteiger partial charge is 0.369 e. The minimum Gasteiger partial charge on any atom is -0.369 e. The van der Waals surface area contributed by atoms with Gasteiger partial charge in [-0.15, -0.1) is 0 Å². The van der Waals surface area contributed by atoms with E-state index in [1.165, 1.54) is 5.69 Å². The standard InChI is InChI=1S/C24H29F2N7.CH4.H2S/c1-32-10-12-33(13-11-32)19-4-2-17(3-5-19)20-14-21-22(29-9-8-28-21)23(31-20)30-16-18-15-27-7-6-24(18,25)26;;/h2-5,8-9,14,18,27H,6-7,10-13,15-16H2,1H3,(H,30,31);1H4;1H2/t18-;;/m0../s1. The van der Waals surface area contributed by atoms with Crippen LogP contribution >= 0.6 is 13.5 Å². The maximum Gasteiger partial charge on any atom is 0.255 e. The van der Waals surface area contributed by atoms with Crippen molar-refractivity contribution in [3.63, 3.8) is 0 Å². The number of rotatable bonds is 5. The Bertz CT molecular complexity index is 1100. The zero-order valence-electron chi connectivity index (χ0n) is 19.3. The molecule has 190 valence electrons. The normalized spacial score (nSPS) is 20.1. The SMILES string of the molecule is C.CN1CCN(c2ccc(-c3cc4nccnc4c(NC[C@@H]4CNCCC4(F)F)n3)cc2)CC1.S. The van der Waals surface area contributed by atoms with E-state index in [9.17, 15) is 8.78 Å². The summed E-state index contributed by atoms with van der Waals surface area (Å²) in [5.74, 6) is -3.01. The van der Waals surface area contributed by atoms with E-state index in [2.05, 4.69) is 61.7 Å². The molecule has 0 aliphatic carbocycles. The molecule has 5 rings (SSSR count). The Morgan fingerprint density at radius 2 is 1.80 bits per heavy atom. The number of hydrogen-bond donors (Lipinski definition) is 2. The van der Waals surface area contributed by atoms with E-state index in [0.29, 0.717) is 23.4 Å². The molecule has 0 radical (unpaired) electrons. The minimum atomic E-state index is -2.70. The number of piperidine rings is 1. The van der Waals surface area contributed by atoms with E-state index >= 15 is 0 Å². The van der Waals surface area contributed by atoms with Crippen molar-refractivity contribution in [3.05, 3.63) is 42.7 Å². The van der Waals surface area contributed by atoms with Crippen LogP contribution in [0.2, 0.25) is 0 Å². The topological polar surface area (TPSA) is 69.2 Å². The highest BCUT2D eigenvalue weighted by atomic mass is 32.1. The van der Waals surface area contributed by atoms with Crippen LogP contribution in [-0.2, 0) is 0 Å². The zero-order valence-corrected chi connectivity index (χ0v) is 20.3. The summed E-state index contributed by atoms with van der Waals surface area (Å²) in [6, 6.07) is 10.2. The third-order valence-corrected chi connectivity index (χ3v) is 6.63. The van der Waals surface area contributed by atoms with Gasteiger partial charge in [0.25, 0.3) is 5.92 Å². The maximum atomic E-state index is 14.3. The minimum absolute atomic E-state index is 0. The van der Waals surface area contributed by atoms with Gasteiger partial charge in [-0.1, -0.05) is 19.6 Å². The van der Waals surface area contributed by atoms with Crippen LogP contribution in [0.15, 0.2) is 42.7 Å². The molecule has 0 spiro atoms. The lowest BCUT2D eigenvalue weighted by Crippen LogP contribution is -2.47. The quantitative estimate of drug-likeness (QED) is 0.548. The van der Waals surface area contributed by atoms with Crippen LogP contribution in [0.4, 0.5) is 20.3 Å². The molecule has 2 aromatic heterocycles. The number of hydrogen-bond acceptors (Lipinski definition) is 7. The van der Waals surface area contributed by atoms with Gasteiger partial charge < -0.3 is 20.4 Å².